The van der Waals surface area contributed by atoms with Crippen molar-refractivity contribution in [3.05, 3.63) is 100 Å². The third-order valence-electron chi connectivity index (χ3n) is 4.75. The number of nitro benzene ring substituents is 1. The van der Waals surface area contributed by atoms with Crippen LogP contribution in [-0.4, -0.2) is 30.8 Å². The Kier molecular flexibility index (Phi) is 8.46. The summed E-state index contributed by atoms with van der Waals surface area (Å²) < 4.78 is 54.6. The summed E-state index contributed by atoms with van der Waals surface area (Å²) in [7, 11) is 1.44. The summed E-state index contributed by atoms with van der Waals surface area (Å²) in [6.07, 6.45) is -1.80. The van der Waals surface area contributed by atoms with Crippen molar-refractivity contribution >= 4 is 17.8 Å². The number of carbonyl (C=O) groups is 1. The van der Waals surface area contributed by atoms with Crippen LogP contribution in [0, 0.1) is 10.1 Å². The van der Waals surface area contributed by atoms with E-state index in [4.69, 9.17) is 14.2 Å². The Morgan fingerprint density at radius 2 is 1.78 bits per heavy atom. The second-order valence-electron chi connectivity index (χ2n) is 7.27. The summed E-state index contributed by atoms with van der Waals surface area (Å²) in [5, 5.41) is 15.1. The highest BCUT2D eigenvalue weighted by Gasteiger charge is 2.33. The summed E-state index contributed by atoms with van der Waals surface area (Å²) in [4.78, 5) is 22.6. The molecule has 0 spiro atoms. The predicted molar refractivity (Wildman–Crippen MR) is 128 cm³/mol. The van der Waals surface area contributed by atoms with Gasteiger partial charge in [-0.25, -0.2) is 5.43 Å². The molecule has 0 saturated carbocycles. The normalized spacial score (nSPS) is 11.1. The molecule has 0 atom stereocenters. The molecule has 1 amide bonds. The quantitative estimate of drug-likeness (QED) is 0.159. The van der Waals surface area contributed by atoms with Crippen LogP contribution < -0.4 is 19.6 Å². The molecule has 0 unspecified atom stereocenters. The lowest BCUT2D eigenvalue weighted by Crippen LogP contribution is -2.17. The van der Waals surface area contributed by atoms with E-state index >= 15 is 0 Å². The van der Waals surface area contributed by atoms with Gasteiger partial charge in [-0.15, -0.1) is 0 Å². The van der Waals surface area contributed by atoms with Crippen molar-refractivity contribution in [3.63, 3.8) is 0 Å². The lowest BCUT2D eigenvalue weighted by Gasteiger charge is -2.10. The van der Waals surface area contributed by atoms with Gasteiger partial charge in [0.15, 0.2) is 11.5 Å². The van der Waals surface area contributed by atoms with Gasteiger partial charge >= 0.3 is 11.9 Å². The first-order valence-electron chi connectivity index (χ1n) is 10.5. The van der Waals surface area contributed by atoms with Crippen LogP contribution in [0.1, 0.15) is 21.5 Å². The maximum atomic E-state index is 12.9. The average Bonchev–Trinajstić information content (AvgIpc) is 2.87. The van der Waals surface area contributed by atoms with E-state index in [-0.39, 0.29) is 23.7 Å². The van der Waals surface area contributed by atoms with Crippen molar-refractivity contribution in [2.45, 2.75) is 6.18 Å². The maximum absolute atomic E-state index is 12.9. The third kappa shape index (κ3) is 7.07. The number of hydrazone groups is 1. The topological polar surface area (TPSA) is 112 Å². The second kappa shape index (κ2) is 11.7. The van der Waals surface area contributed by atoms with Gasteiger partial charge in [-0.1, -0.05) is 12.7 Å². The van der Waals surface area contributed by atoms with Crippen molar-refractivity contribution in [1.29, 1.82) is 0 Å². The molecule has 1 N–H and O–H groups in total. The molecule has 0 heterocycles. The molecule has 0 fully saturated rings. The van der Waals surface area contributed by atoms with Gasteiger partial charge in [0, 0.05) is 11.6 Å². The Hall–Kier alpha value is -4.87. The fourth-order valence-electron chi connectivity index (χ4n) is 2.98. The van der Waals surface area contributed by atoms with Crippen LogP contribution in [0.4, 0.5) is 18.9 Å². The molecule has 192 valence electrons. The zero-order valence-electron chi connectivity index (χ0n) is 19.3. The summed E-state index contributed by atoms with van der Waals surface area (Å²) in [6, 6.07) is 12.6. The number of alkyl halides is 3. The SMILES string of the molecule is C=CCOc1ccc(C(=O)N/N=C/c2ccc(Oc3ccc(C(F)(F)F)cc3[N+](=O)[O-])cc2)cc1OC. The number of hydrogen-bond acceptors (Lipinski definition) is 7. The Morgan fingerprint density at radius 3 is 2.41 bits per heavy atom. The number of nitrogens with one attached hydrogen (secondary N) is 1. The van der Waals surface area contributed by atoms with Gasteiger partial charge in [0.25, 0.3) is 5.91 Å². The Balaban J connectivity index is 1.65. The smallest absolute Gasteiger partial charge is 0.416 e. The number of amides is 1. The molecule has 0 aliphatic heterocycles. The minimum absolute atomic E-state index is 0.148. The number of ether oxygens (including phenoxy) is 3. The third-order valence-corrected chi connectivity index (χ3v) is 4.75. The predicted octanol–water partition coefficient (Wildman–Crippen LogP) is 5.74. The van der Waals surface area contributed by atoms with Crippen LogP contribution in [0.15, 0.2) is 78.4 Å². The molecule has 37 heavy (non-hydrogen) atoms. The van der Waals surface area contributed by atoms with Gasteiger partial charge in [-0.05, 0) is 60.2 Å². The van der Waals surface area contributed by atoms with Gasteiger partial charge in [-0.2, -0.15) is 18.3 Å². The monoisotopic (exact) mass is 515 g/mol. The van der Waals surface area contributed by atoms with E-state index < -0.39 is 28.3 Å². The maximum Gasteiger partial charge on any atom is 0.416 e. The van der Waals surface area contributed by atoms with Gasteiger partial charge < -0.3 is 14.2 Å². The van der Waals surface area contributed by atoms with Crippen molar-refractivity contribution < 1.29 is 37.1 Å². The second-order valence-corrected chi connectivity index (χ2v) is 7.27. The molecule has 0 saturated heterocycles. The van der Waals surface area contributed by atoms with E-state index in [0.717, 1.165) is 6.07 Å². The minimum Gasteiger partial charge on any atom is -0.493 e. The van der Waals surface area contributed by atoms with E-state index in [1.165, 1.54) is 43.7 Å². The molecule has 0 bridgehead atoms. The Morgan fingerprint density at radius 1 is 1.08 bits per heavy atom. The minimum atomic E-state index is -4.73. The van der Waals surface area contributed by atoms with Crippen LogP contribution in [0.5, 0.6) is 23.0 Å². The molecular formula is C25H20F3N3O6. The van der Waals surface area contributed by atoms with Gasteiger partial charge in [0.1, 0.15) is 12.4 Å². The van der Waals surface area contributed by atoms with Crippen LogP contribution in [0.2, 0.25) is 0 Å². The van der Waals surface area contributed by atoms with Crippen LogP contribution >= 0.6 is 0 Å². The zero-order chi connectivity index (χ0) is 27.0. The van der Waals surface area contributed by atoms with E-state index in [9.17, 15) is 28.1 Å². The number of benzene rings is 3. The highest BCUT2D eigenvalue weighted by molar-refractivity contribution is 5.95. The molecule has 0 radical (unpaired) electrons. The highest BCUT2D eigenvalue weighted by Crippen LogP contribution is 2.37. The first-order valence-corrected chi connectivity index (χ1v) is 10.5. The van der Waals surface area contributed by atoms with Gasteiger partial charge in [0.2, 0.25) is 5.75 Å². The van der Waals surface area contributed by atoms with E-state index in [2.05, 4.69) is 17.1 Å². The summed E-state index contributed by atoms with van der Waals surface area (Å²) >= 11 is 0. The van der Waals surface area contributed by atoms with Crippen LogP contribution in [0.25, 0.3) is 0 Å². The highest BCUT2D eigenvalue weighted by atomic mass is 19.4. The Bertz CT molecular complexity index is 1320. The average molecular weight is 515 g/mol. The number of nitrogens with zero attached hydrogens (tertiary/aromatic N) is 2. The molecular weight excluding hydrogens is 495 g/mol. The lowest BCUT2D eigenvalue weighted by atomic mass is 10.2. The van der Waals surface area contributed by atoms with Crippen molar-refractivity contribution in [3.8, 4) is 23.0 Å². The summed E-state index contributed by atoms with van der Waals surface area (Å²) in [6.45, 7) is 3.84. The van der Waals surface area contributed by atoms with E-state index in [1.807, 2.05) is 0 Å². The number of halogens is 3. The fourth-order valence-corrected chi connectivity index (χ4v) is 2.98. The largest absolute Gasteiger partial charge is 0.493 e. The van der Waals surface area contributed by atoms with Crippen molar-refractivity contribution in [2.24, 2.45) is 5.10 Å². The number of rotatable bonds is 10. The fraction of sp³-hybridized carbons (Fsp3) is 0.120. The first kappa shape index (κ1) is 26.7. The standard InChI is InChI=1S/C25H20F3N3O6/c1-3-12-36-22-10-6-17(13-23(22)35-2)24(32)30-29-15-16-4-8-19(9-5-16)37-21-11-7-18(25(26,27)28)14-20(21)31(33)34/h3-11,13-15H,1,12H2,2H3,(H,30,32)/b29-15+. The Labute approximate surface area is 208 Å². The number of nitro groups is 1. The van der Waals surface area contributed by atoms with Crippen molar-refractivity contribution in [2.75, 3.05) is 13.7 Å². The molecule has 12 heteroatoms. The summed E-state index contributed by atoms with van der Waals surface area (Å²) in [5.74, 6) is 0.117. The number of carbonyl (C=O) groups excluding carboxylic acids is 1. The van der Waals surface area contributed by atoms with Gasteiger partial charge in [-0.3, -0.25) is 14.9 Å². The molecule has 0 aliphatic carbocycles. The first-order chi connectivity index (χ1) is 17.6. The van der Waals surface area contributed by atoms with Crippen LogP contribution in [0.3, 0.4) is 0 Å². The molecule has 3 aromatic rings. The molecule has 3 aromatic carbocycles. The number of methoxy groups -OCH3 is 1. The lowest BCUT2D eigenvalue weighted by molar-refractivity contribution is -0.385. The molecule has 0 aromatic heterocycles. The van der Waals surface area contributed by atoms with E-state index in [0.29, 0.717) is 29.2 Å². The number of hydrogen-bond donors (Lipinski definition) is 1. The zero-order valence-corrected chi connectivity index (χ0v) is 19.3. The molecule has 9 nitrogen and oxygen atoms in total. The summed E-state index contributed by atoms with van der Waals surface area (Å²) in [5.41, 5.74) is 1.22. The van der Waals surface area contributed by atoms with Gasteiger partial charge in [0.05, 0.1) is 23.8 Å². The molecule has 3 rings (SSSR count). The van der Waals surface area contributed by atoms with E-state index in [1.54, 1.807) is 18.2 Å². The van der Waals surface area contributed by atoms with Crippen molar-refractivity contribution in [1.82, 2.24) is 5.43 Å². The molecule has 0 aliphatic rings. The van der Waals surface area contributed by atoms with Crippen LogP contribution in [-0.2, 0) is 6.18 Å².